The van der Waals surface area contributed by atoms with Gasteiger partial charge in [0.15, 0.2) is 5.82 Å². The molecular formula is C21H21FN4O. The van der Waals surface area contributed by atoms with Crippen molar-refractivity contribution in [2.24, 2.45) is 0 Å². The number of hydrogen-bond donors (Lipinski definition) is 1. The summed E-state index contributed by atoms with van der Waals surface area (Å²) in [7, 11) is 1.87. The summed E-state index contributed by atoms with van der Waals surface area (Å²) in [5.74, 6) is 0.411. The molecule has 6 heteroatoms. The van der Waals surface area contributed by atoms with Crippen molar-refractivity contribution in [3.63, 3.8) is 0 Å². The number of hydrogen-bond acceptors (Lipinski definition) is 4. The number of rotatable bonds is 5. The Morgan fingerprint density at radius 3 is 2.59 bits per heavy atom. The molecule has 1 heterocycles. The lowest BCUT2D eigenvalue weighted by Gasteiger charge is -2.19. The first-order valence-corrected chi connectivity index (χ1v) is 8.70. The van der Waals surface area contributed by atoms with Gasteiger partial charge < -0.3 is 10.2 Å². The van der Waals surface area contributed by atoms with Gasteiger partial charge in [0, 0.05) is 31.0 Å². The molecule has 1 aromatic heterocycles. The highest BCUT2D eigenvalue weighted by atomic mass is 19.1. The molecule has 0 saturated heterocycles. The highest BCUT2D eigenvalue weighted by Gasteiger charge is 2.18. The van der Waals surface area contributed by atoms with E-state index in [1.165, 1.54) is 30.5 Å². The minimum atomic E-state index is -0.356. The number of nitrogens with one attached hydrogen (secondary N) is 1. The Morgan fingerprint density at radius 1 is 1.19 bits per heavy atom. The van der Waals surface area contributed by atoms with E-state index < -0.39 is 0 Å². The fourth-order valence-electron chi connectivity index (χ4n) is 2.63. The van der Waals surface area contributed by atoms with E-state index in [0.717, 1.165) is 11.1 Å². The molecular weight excluding hydrogens is 343 g/mol. The molecule has 3 rings (SSSR count). The van der Waals surface area contributed by atoms with Crippen LogP contribution in [0.15, 0.2) is 54.7 Å². The van der Waals surface area contributed by atoms with Crippen molar-refractivity contribution in [1.29, 1.82) is 0 Å². The second-order valence-corrected chi connectivity index (χ2v) is 6.28. The van der Waals surface area contributed by atoms with Gasteiger partial charge in [-0.1, -0.05) is 23.8 Å². The van der Waals surface area contributed by atoms with Crippen molar-refractivity contribution < 1.29 is 9.18 Å². The number of benzene rings is 2. The third-order valence-corrected chi connectivity index (χ3v) is 4.23. The van der Waals surface area contributed by atoms with Crippen LogP contribution in [0.3, 0.4) is 0 Å². The lowest BCUT2D eigenvalue weighted by Crippen LogP contribution is -2.23. The molecule has 0 atom stereocenters. The van der Waals surface area contributed by atoms with E-state index in [2.05, 4.69) is 15.3 Å². The summed E-state index contributed by atoms with van der Waals surface area (Å²) in [4.78, 5) is 23.6. The minimum absolute atomic E-state index is 0.340. The van der Waals surface area contributed by atoms with Crippen LogP contribution < -0.4 is 10.2 Å². The van der Waals surface area contributed by atoms with Crippen molar-refractivity contribution in [3.8, 4) is 11.4 Å². The highest BCUT2D eigenvalue weighted by molar-refractivity contribution is 6.07. The zero-order chi connectivity index (χ0) is 19.4. The average Bonchev–Trinajstić information content (AvgIpc) is 2.68. The van der Waals surface area contributed by atoms with Gasteiger partial charge in [-0.2, -0.15) is 0 Å². The maximum absolute atomic E-state index is 13.1. The number of aromatic nitrogens is 2. The Balaban J connectivity index is 1.96. The summed E-state index contributed by atoms with van der Waals surface area (Å²) < 4.78 is 13.1. The van der Waals surface area contributed by atoms with E-state index in [0.29, 0.717) is 29.4 Å². The number of carbonyl (C=O) groups excluding carboxylic acids is 1. The average molecular weight is 364 g/mol. The van der Waals surface area contributed by atoms with Crippen molar-refractivity contribution >= 4 is 17.4 Å². The van der Waals surface area contributed by atoms with Gasteiger partial charge in [-0.25, -0.2) is 14.4 Å². The van der Waals surface area contributed by atoms with Crippen LogP contribution >= 0.6 is 0 Å². The van der Waals surface area contributed by atoms with Crippen molar-refractivity contribution in [3.05, 3.63) is 71.7 Å². The molecule has 0 spiro atoms. The Morgan fingerprint density at radius 2 is 1.93 bits per heavy atom. The minimum Gasteiger partial charge on any atom is -0.359 e. The molecule has 2 aromatic carbocycles. The fraction of sp³-hybridized carbons (Fsp3) is 0.190. The van der Waals surface area contributed by atoms with Crippen molar-refractivity contribution in [1.82, 2.24) is 9.97 Å². The third kappa shape index (κ3) is 4.28. The molecule has 0 aliphatic rings. The Kier molecular flexibility index (Phi) is 5.45. The van der Waals surface area contributed by atoms with Gasteiger partial charge in [0.2, 0.25) is 0 Å². The number of aryl methyl sites for hydroxylation is 1. The summed E-state index contributed by atoms with van der Waals surface area (Å²) in [5.41, 5.74) is 2.88. The van der Waals surface area contributed by atoms with Crippen LogP contribution in [0.4, 0.5) is 15.9 Å². The Hall–Kier alpha value is -3.28. The summed E-state index contributed by atoms with van der Waals surface area (Å²) in [6.07, 6.45) is 1.53. The fourth-order valence-corrected chi connectivity index (χ4v) is 2.63. The topological polar surface area (TPSA) is 58.1 Å². The number of halogens is 1. The zero-order valence-corrected chi connectivity index (χ0v) is 15.5. The Bertz CT molecular complexity index is 957. The first-order valence-electron chi connectivity index (χ1n) is 8.70. The van der Waals surface area contributed by atoms with E-state index in [9.17, 15) is 9.18 Å². The number of anilines is 2. The molecule has 0 aliphatic carbocycles. The maximum atomic E-state index is 13.1. The van der Waals surface area contributed by atoms with Gasteiger partial charge in [0.1, 0.15) is 17.2 Å². The standard InChI is InChI=1S/C21H21FN4O/c1-4-26(3)20-18(21(27)24-17-10-8-16(22)9-11-17)13-23-19(25-20)15-7-5-6-14(2)12-15/h5-13H,4H2,1-3H3,(H,24,27). The van der Waals surface area contributed by atoms with Crippen LogP contribution in [0.2, 0.25) is 0 Å². The number of nitrogens with zero attached hydrogens (tertiary/aromatic N) is 3. The summed E-state index contributed by atoms with van der Waals surface area (Å²) in [6.45, 7) is 4.67. The predicted octanol–water partition coefficient (Wildman–Crippen LogP) is 4.30. The first kappa shape index (κ1) is 18.5. The molecule has 0 bridgehead atoms. The molecule has 5 nitrogen and oxygen atoms in total. The van der Waals surface area contributed by atoms with Crippen molar-refractivity contribution in [2.75, 3.05) is 23.8 Å². The van der Waals surface area contributed by atoms with Crippen LogP contribution in [-0.2, 0) is 0 Å². The van der Waals surface area contributed by atoms with E-state index in [1.807, 2.05) is 50.1 Å². The zero-order valence-electron chi connectivity index (χ0n) is 15.5. The smallest absolute Gasteiger partial charge is 0.261 e. The van der Waals surface area contributed by atoms with Gasteiger partial charge in [0.05, 0.1) is 0 Å². The van der Waals surface area contributed by atoms with E-state index in [-0.39, 0.29) is 11.7 Å². The normalized spacial score (nSPS) is 10.5. The molecule has 0 saturated carbocycles. The van der Waals surface area contributed by atoms with Gasteiger partial charge in [-0.05, 0) is 44.2 Å². The second kappa shape index (κ2) is 7.95. The lowest BCUT2D eigenvalue weighted by molar-refractivity contribution is 0.102. The lowest BCUT2D eigenvalue weighted by atomic mass is 10.1. The van der Waals surface area contributed by atoms with Gasteiger partial charge in [-0.3, -0.25) is 4.79 Å². The molecule has 1 N–H and O–H groups in total. The Labute approximate surface area is 157 Å². The maximum Gasteiger partial charge on any atom is 0.261 e. The summed E-state index contributed by atoms with van der Waals surface area (Å²) in [5, 5.41) is 2.76. The molecule has 0 aliphatic heterocycles. The van der Waals surface area contributed by atoms with E-state index in [4.69, 9.17) is 0 Å². The largest absolute Gasteiger partial charge is 0.359 e. The van der Waals surface area contributed by atoms with Gasteiger partial charge >= 0.3 is 0 Å². The summed E-state index contributed by atoms with van der Waals surface area (Å²) in [6, 6.07) is 13.5. The highest BCUT2D eigenvalue weighted by Crippen LogP contribution is 2.23. The number of amides is 1. The molecule has 0 fully saturated rings. The molecule has 27 heavy (non-hydrogen) atoms. The van der Waals surface area contributed by atoms with Crippen molar-refractivity contribution in [2.45, 2.75) is 13.8 Å². The SMILES string of the molecule is CCN(C)c1nc(-c2cccc(C)c2)ncc1C(=O)Nc1ccc(F)cc1. The molecule has 0 unspecified atom stereocenters. The van der Waals surface area contributed by atoms with Gasteiger partial charge in [-0.15, -0.1) is 0 Å². The van der Waals surface area contributed by atoms with Crippen LogP contribution in [0, 0.1) is 12.7 Å². The molecule has 1 amide bonds. The van der Waals surface area contributed by atoms with E-state index in [1.54, 1.807) is 0 Å². The third-order valence-electron chi connectivity index (χ3n) is 4.23. The van der Waals surface area contributed by atoms with Crippen LogP contribution in [0.5, 0.6) is 0 Å². The first-order chi connectivity index (χ1) is 13.0. The quantitative estimate of drug-likeness (QED) is 0.733. The predicted molar refractivity (Wildman–Crippen MR) is 106 cm³/mol. The van der Waals surface area contributed by atoms with Crippen LogP contribution in [0.25, 0.3) is 11.4 Å². The van der Waals surface area contributed by atoms with Crippen LogP contribution in [0.1, 0.15) is 22.8 Å². The molecule has 3 aromatic rings. The molecule has 0 radical (unpaired) electrons. The number of carbonyl (C=O) groups is 1. The molecule has 138 valence electrons. The van der Waals surface area contributed by atoms with E-state index >= 15 is 0 Å². The van der Waals surface area contributed by atoms with Crippen LogP contribution in [-0.4, -0.2) is 29.5 Å². The second-order valence-electron chi connectivity index (χ2n) is 6.28. The van der Waals surface area contributed by atoms with Gasteiger partial charge in [0.25, 0.3) is 5.91 Å². The monoisotopic (exact) mass is 364 g/mol. The summed E-state index contributed by atoms with van der Waals surface area (Å²) >= 11 is 0.